The Kier molecular flexibility index (Phi) is 10.2. The Balaban J connectivity index is 2.50. The van der Waals surface area contributed by atoms with Gasteiger partial charge in [0.05, 0.1) is 24.6 Å². The molecule has 1 heterocycles. The van der Waals surface area contributed by atoms with E-state index in [0.29, 0.717) is 31.4 Å². The summed E-state index contributed by atoms with van der Waals surface area (Å²) < 4.78 is 11.4. The summed E-state index contributed by atoms with van der Waals surface area (Å²) >= 11 is 0. The first-order valence-electron chi connectivity index (χ1n) is 10.3. The van der Waals surface area contributed by atoms with Crippen molar-refractivity contribution in [2.45, 2.75) is 34.1 Å². The van der Waals surface area contributed by atoms with Crippen LogP contribution in [-0.2, 0) is 9.47 Å². The summed E-state index contributed by atoms with van der Waals surface area (Å²) in [6.07, 6.45) is 19.6. The third kappa shape index (κ3) is 9.52. The van der Waals surface area contributed by atoms with Crippen LogP contribution in [0.2, 0.25) is 0 Å². The van der Waals surface area contributed by atoms with Crippen molar-refractivity contribution in [3.63, 3.8) is 0 Å². The van der Waals surface area contributed by atoms with Crippen LogP contribution in [0, 0.1) is 23.7 Å². The minimum Gasteiger partial charge on any atom is -0.478 e. The predicted molar refractivity (Wildman–Crippen MR) is 129 cm³/mol. The molecule has 0 saturated carbocycles. The van der Waals surface area contributed by atoms with Crippen LogP contribution < -0.4 is 0 Å². The second kappa shape index (κ2) is 13.5. The highest BCUT2D eigenvalue weighted by molar-refractivity contribution is 5.89. The molecule has 0 atom stereocenters. The van der Waals surface area contributed by atoms with E-state index < -0.39 is 0 Å². The van der Waals surface area contributed by atoms with E-state index in [2.05, 4.69) is 33.7 Å². The van der Waals surface area contributed by atoms with Gasteiger partial charge in [-0.3, -0.25) is 0 Å². The van der Waals surface area contributed by atoms with Crippen molar-refractivity contribution in [2.24, 2.45) is 9.98 Å². The smallest absolute Gasteiger partial charge is 0.213 e. The SMILES string of the molecule is CCOC1=NC2=CC=CC=C(C2)N=C(OCC)/C=C/C=C(/C)C#CC#C/C(C)=C\C=C\1. The molecule has 0 aromatic carbocycles. The van der Waals surface area contributed by atoms with Crippen molar-refractivity contribution in [1.82, 2.24) is 0 Å². The highest BCUT2D eigenvalue weighted by Gasteiger charge is 2.06. The molecule has 0 aromatic heterocycles. The predicted octanol–water partition coefficient (Wildman–Crippen LogP) is 5.61. The van der Waals surface area contributed by atoms with E-state index in [4.69, 9.17) is 9.47 Å². The molecular weight excluding hydrogens is 384 g/mol. The molecule has 2 rings (SSSR count). The number of hydrogen-bond acceptors (Lipinski definition) is 4. The highest BCUT2D eigenvalue weighted by atomic mass is 16.5. The lowest BCUT2D eigenvalue weighted by molar-refractivity contribution is 0.329. The molecule has 0 fully saturated rings. The average Bonchev–Trinajstić information content (AvgIpc) is 2.95. The topological polar surface area (TPSA) is 43.2 Å². The maximum Gasteiger partial charge on any atom is 0.213 e. The summed E-state index contributed by atoms with van der Waals surface area (Å²) in [6, 6.07) is 0. The Bertz CT molecular complexity index is 966. The van der Waals surface area contributed by atoms with Gasteiger partial charge in [0.2, 0.25) is 11.8 Å². The number of hydrogen-bond donors (Lipinski definition) is 0. The van der Waals surface area contributed by atoms with E-state index in [1.807, 2.05) is 88.5 Å². The third-order valence-corrected chi connectivity index (χ3v) is 3.89. The van der Waals surface area contributed by atoms with Gasteiger partial charge in [0.25, 0.3) is 0 Å². The van der Waals surface area contributed by atoms with Crippen LogP contribution in [0.5, 0.6) is 0 Å². The van der Waals surface area contributed by atoms with Crippen molar-refractivity contribution in [1.29, 1.82) is 0 Å². The van der Waals surface area contributed by atoms with Gasteiger partial charge in [-0.25, -0.2) is 9.98 Å². The molecular formula is C27H28N2O2. The molecule has 0 unspecified atom stereocenters. The zero-order valence-corrected chi connectivity index (χ0v) is 18.6. The van der Waals surface area contributed by atoms with Gasteiger partial charge in [0.1, 0.15) is 0 Å². The zero-order valence-electron chi connectivity index (χ0n) is 18.6. The van der Waals surface area contributed by atoms with Crippen molar-refractivity contribution >= 4 is 11.8 Å². The molecule has 1 aliphatic carbocycles. The molecule has 0 saturated heterocycles. The fourth-order valence-electron chi connectivity index (χ4n) is 2.50. The van der Waals surface area contributed by atoms with Crippen LogP contribution in [-0.4, -0.2) is 25.0 Å². The molecule has 31 heavy (non-hydrogen) atoms. The van der Waals surface area contributed by atoms with Crippen LogP contribution in [0.15, 0.2) is 93.3 Å². The molecule has 0 spiro atoms. The van der Waals surface area contributed by atoms with E-state index in [1.165, 1.54) is 0 Å². The molecule has 2 bridgehead atoms. The molecule has 0 N–H and O–H groups in total. The largest absolute Gasteiger partial charge is 0.478 e. The lowest BCUT2D eigenvalue weighted by Crippen LogP contribution is -2.03. The number of aliphatic imine (C=N–C) groups is 2. The van der Waals surface area contributed by atoms with Crippen LogP contribution in [0.1, 0.15) is 34.1 Å². The number of nitrogens with zero attached hydrogens (tertiary/aromatic N) is 2. The fourth-order valence-corrected chi connectivity index (χ4v) is 2.50. The van der Waals surface area contributed by atoms with E-state index in [0.717, 1.165) is 22.5 Å². The zero-order chi connectivity index (χ0) is 22.3. The summed E-state index contributed by atoms with van der Waals surface area (Å²) in [5.74, 6) is 12.9. The minimum atomic E-state index is 0.525. The summed E-state index contributed by atoms with van der Waals surface area (Å²) in [5, 5.41) is 0. The van der Waals surface area contributed by atoms with Gasteiger partial charge in [-0.05, 0) is 62.8 Å². The Morgan fingerprint density at radius 1 is 0.710 bits per heavy atom. The summed E-state index contributed by atoms with van der Waals surface area (Å²) in [5.41, 5.74) is 3.49. The monoisotopic (exact) mass is 412 g/mol. The summed E-state index contributed by atoms with van der Waals surface area (Å²) in [4.78, 5) is 9.36. The van der Waals surface area contributed by atoms with Gasteiger partial charge in [0.15, 0.2) is 0 Å². The van der Waals surface area contributed by atoms with E-state index in [9.17, 15) is 0 Å². The number of rotatable bonds is 2. The summed E-state index contributed by atoms with van der Waals surface area (Å²) in [6.45, 7) is 8.79. The summed E-state index contributed by atoms with van der Waals surface area (Å²) in [7, 11) is 0. The van der Waals surface area contributed by atoms with Gasteiger partial charge >= 0.3 is 0 Å². The Morgan fingerprint density at radius 2 is 1.16 bits per heavy atom. The van der Waals surface area contributed by atoms with Gasteiger partial charge < -0.3 is 9.47 Å². The van der Waals surface area contributed by atoms with Gasteiger partial charge in [0, 0.05) is 18.6 Å². The average molecular weight is 413 g/mol. The van der Waals surface area contributed by atoms with E-state index >= 15 is 0 Å². The Hall–Kier alpha value is -3.76. The second-order valence-corrected chi connectivity index (χ2v) is 6.56. The first-order chi connectivity index (χ1) is 15.1. The van der Waals surface area contributed by atoms with Gasteiger partial charge in [-0.15, -0.1) is 0 Å². The maximum atomic E-state index is 5.69. The van der Waals surface area contributed by atoms with Gasteiger partial charge in [-0.2, -0.15) is 0 Å². The third-order valence-electron chi connectivity index (χ3n) is 3.89. The van der Waals surface area contributed by atoms with Crippen LogP contribution >= 0.6 is 0 Å². The first kappa shape index (κ1) is 23.5. The van der Waals surface area contributed by atoms with E-state index in [-0.39, 0.29) is 0 Å². The lowest BCUT2D eigenvalue weighted by Gasteiger charge is -2.07. The van der Waals surface area contributed by atoms with Crippen molar-refractivity contribution in [3.8, 4) is 23.7 Å². The number of allylic oxidation sites excluding steroid dienone is 10. The first-order valence-corrected chi connectivity index (χ1v) is 10.3. The normalized spacial score (nSPS) is 22.1. The Morgan fingerprint density at radius 3 is 1.58 bits per heavy atom. The molecule has 4 heteroatoms. The van der Waals surface area contributed by atoms with Crippen LogP contribution in [0.3, 0.4) is 0 Å². The number of ether oxygens (including phenoxy) is 2. The maximum absolute atomic E-state index is 5.69. The van der Waals surface area contributed by atoms with Crippen molar-refractivity contribution < 1.29 is 9.47 Å². The highest BCUT2D eigenvalue weighted by Crippen LogP contribution is 2.18. The van der Waals surface area contributed by atoms with Crippen LogP contribution in [0.25, 0.3) is 0 Å². The number of fused-ring (bicyclic) bond motifs is 2. The molecule has 2 aliphatic rings. The lowest BCUT2D eigenvalue weighted by atomic mass is 10.2. The molecule has 1 aliphatic heterocycles. The van der Waals surface area contributed by atoms with Crippen LogP contribution in [0.4, 0.5) is 0 Å². The van der Waals surface area contributed by atoms with E-state index in [1.54, 1.807) is 0 Å². The Labute approximate surface area is 185 Å². The minimum absolute atomic E-state index is 0.525. The molecule has 4 nitrogen and oxygen atoms in total. The molecule has 0 aromatic rings. The quantitative estimate of drug-likeness (QED) is 0.553. The van der Waals surface area contributed by atoms with Crippen molar-refractivity contribution in [2.75, 3.05) is 13.2 Å². The standard InChI is InChI=1S/C27H28N2O2/c1-5-30-26-19-11-15-22(3)13-7-8-14-23(4)16-12-20-27(31-6-2)29-25-18-10-9-17-24(21-25)28-26/h9-12,15-20H,5-6,21H2,1-4H3/b15-11?,16-12?,19-11+,20-12+,22-15-,23-16-,26-19?,27-20?,28-24?,28-26?,29-25?,29-27?. The fraction of sp³-hybridized carbons (Fsp3) is 0.259. The molecule has 0 radical (unpaired) electrons. The molecule has 0 amide bonds. The van der Waals surface area contributed by atoms with Gasteiger partial charge in [-0.1, -0.05) is 48.3 Å². The van der Waals surface area contributed by atoms with Crippen molar-refractivity contribution in [3.05, 3.63) is 83.3 Å². The second-order valence-electron chi connectivity index (χ2n) is 6.56. The molecule has 158 valence electrons.